The molecule has 8 nitrogen and oxygen atoms in total. The van der Waals surface area contributed by atoms with Gasteiger partial charge in [0, 0.05) is 44.1 Å². The highest BCUT2D eigenvalue weighted by molar-refractivity contribution is 6.76. The number of carbonyl (C=O) groups excluding carboxylic acids is 2. The van der Waals surface area contributed by atoms with Gasteiger partial charge < -0.3 is 10.1 Å². The number of benzene rings is 1. The summed E-state index contributed by atoms with van der Waals surface area (Å²) in [5, 5.41) is 8.20. The summed E-state index contributed by atoms with van der Waals surface area (Å²) in [6, 6.07) is 12.1. The van der Waals surface area contributed by atoms with Gasteiger partial charge in [-0.3, -0.25) is 19.5 Å². The van der Waals surface area contributed by atoms with E-state index in [4.69, 9.17) is 21.4 Å². The predicted molar refractivity (Wildman–Crippen MR) is 139 cm³/mol. The van der Waals surface area contributed by atoms with Crippen LogP contribution in [0.15, 0.2) is 48.8 Å². The van der Waals surface area contributed by atoms with E-state index < -0.39 is 8.07 Å². The van der Waals surface area contributed by atoms with Crippen LogP contribution >= 0.6 is 11.6 Å². The van der Waals surface area contributed by atoms with Crippen LogP contribution in [0, 0.1) is 0 Å². The van der Waals surface area contributed by atoms with Crippen LogP contribution in [-0.4, -0.2) is 47.9 Å². The third kappa shape index (κ3) is 6.16. The molecule has 3 heterocycles. The van der Waals surface area contributed by atoms with Crippen molar-refractivity contribution in [3.8, 4) is 11.3 Å². The van der Waals surface area contributed by atoms with Crippen molar-refractivity contribution in [3.63, 3.8) is 0 Å². The highest BCUT2D eigenvalue weighted by Gasteiger charge is 2.35. The number of hydrogen-bond donors (Lipinski definition) is 1. The number of anilines is 1. The molecule has 0 saturated heterocycles. The molecule has 4 rings (SSSR count). The Morgan fingerprint density at radius 3 is 2.54 bits per heavy atom. The molecule has 0 aliphatic carbocycles. The number of aromatic nitrogens is 3. The van der Waals surface area contributed by atoms with Gasteiger partial charge in [0.1, 0.15) is 18.0 Å². The number of halogens is 1. The largest absolute Gasteiger partial charge is 0.359 e. The first-order valence-corrected chi connectivity index (χ1v) is 15.7. The standard InChI is InChI=1S/C25H30ClN5O3Si/c1-35(2,3)15-14-34-17-31-25-22(23(29-31)19-10-12-27-13-11-19)24(33)28-16-30(25)21(32)9-6-18-4-7-20(26)8-5-18/h4-5,7-8,10-13H,6,9,14-17H2,1-3H3,(H,28,33). The Morgan fingerprint density at radius 1 is 1.14 bits per heavy atom. The Labute approximate surface area is 211 Å². The number of pyridine rings is 1. The summed E-state index contributed by atoms with van der Waals surface area (Å²) in [7, 11) is -1.26. The van der Waals surface area contributed by atoms with Gasteiger partial charge in [0.15, 0.2) is 5.82 Å². The lowest BCUT2D eigenvalue weighted by Crippen LogP contribution is -2.47. The number of carbonyl (C=O) groups is 2. The zero-order chi connectivity index (χ0) is 25.0. The lowest BCUT2D eigenvalue weighted by Gasteiger charge is -2.28. The molecule has 35 heavy (non-hydrogen) atoms. The van der Waals surface area contributed by atoms with Gasteiger partial charge in [-0.05, 0) is 42.3 Å². The molecule has 0 bridgehead atoms. The molecule has 3 aromatic rings. The van der Waals surface area contributed by atoms with Crippen LogP contribution in [0.5, 0.6) is 0 Å². The first kappa shape index (κ1) is 25.1. The fourth-order valence-electron chi connectivity index (χ4n) is 3.83. The maximum atomic E-state index is 13.3. The number of nitrogens with one attached hydrogen (secondary N) is 1. The minimum absolute atomic E-state index is 0.0850. The summed E-state index contributed by atoms with van der Waals surface area (Å²) in [6.07, 6.45) is 4.15. The van der Waals surface area contributed by atoms with Crippen LogP contribution in [-0.2, 0) is 22.7 Å². The molecule has 0 saturated carbocycles. The van der Waals surface area contributed by atoms with Crippen molar-refractivity contribution in [2.45, 2.75) is 45.3 Å². The van der Waals surface area contributed by atoms with Crippen LogP contribution < -0.4 is 10.2 Å². The summed E-state index contributed by atoms with van der Waals surface area (Å²) in [6.45, 7) is 7.72. The molecule has 2 amide bonds. The summed E-state index contributed by atoms with van der Waals surface area (Å²) in [4.78, 5) is 32.0. The smallest absolute Gasteiger partial charge is 0.258 e. The Morgan fingerprint density at radius 2 is 1.86 bits per heavy atom. The molecule has 2 aromatic heterocycles. The molecule has 0 spiro atoms. The summed E-state index contributed by atoms with van der Waals surface area (Å²) >= 11 is 5.97. The fraction of sp³-hybridized carbons (Fsp3) is 0.360. The molecule has 1 aromatic carbocycles. The van der Waals surface area contributed by atoms with Crippen LogP contribution in [0.4, 0.5) is 5.82 Å². The molecular weight excluding hydrogens is 482 g/mol. The van der Waals surface area contributed by atoms with Gasteiger partial charge in [-0.2, -0.15) is 5.10 Å². The van der Waals surface area contributed by atoms with Crippen molar-refractivity contribution >= 4 is 37.3 Å². The van der Waals surface area contributed by atoms with Gasteiger partial charge in [0.05, 0.1) is 6.67 Å². The van der Waals surface area contributed by atoms with E-state index in [0.717, 1.165) is 17.2 Å². The average Bonchev–Trinajstić information content (AvgIpc) is 3.22. The minimum Gasteiger partial charge on any atom is -0.359 e. The minimum atomic E-state index is -1.26. The predicted octanol–water partition coefficient (Wildman–Crippen LogP) is 4.58. The normalized spacial score (nSPS) is 13.5. The van der Waals surface area contributed by atoms with Crippen molar-refractivity contribution in [2.75, 3.05) is 18.2 Å². The molecule has 1 N–H and O–H groups in total. The fourth-order valence-corrected chi connectivity index (χ4v) is 4.71. The number of nitrogens with zero attached hydrogens (tertiary/aromatic N) is 4. The summed E-state index contributed by atoms with van der Waals surface area (Å²) in [5.74, 6) is 0.0994. The molecule has 1 aliphatic rings. The SMILES string of the molecule is C[Si](C)(C)CCOCn1nc(-c2ccncc2)c2c1N(C(=O)CCc1ccc(Cl)cc1)CNC2=O. The zero-order valence-electron chi connectivity index (χ0n) is 20.3. The van der Waals surface area contributed by atoms with Gasteiger partial charge in [-0.1, -0.05) is 43.4 Å². The Hall–Kier alpha value is -3.01. The Bertz CT molecular complexity index is 1190. The quantitative estimate of drug-likeness (QED) is 0.335. The van der Waals surface area contributed by atoms with Crippen molar-refractivity contribution in [1.29, 1.82) is 0 Å². The molecule has 0 radical (unpaired) electrons. The summed E-state index contributed by atoms with van der Waals surface area (Å²) in [5.41, 5.74) is 2.65. The number of fused-ring (bicyclic) bond motifs is 1. The van der Waals surface area contributed by atoms with E-state index in [-0.39, 0.29) is 31.6 Å². The number of ether oxygens (including phenoxy) is 1. The molecule has 184 valence electrons. The second-order valence-corrected chi connectivity index (χ2v) is 15.8. The maximum Gasteiger partial charge on any atom is 0.258 e. The lowest BCUT2D eigenvalue weighted by atomic mass is 10.1. The third-order valence-electron chi connectivity index (χ3n) is 5.81. The van der Waals surface area contributed by atoms with Crippen molar-refractivity contribution in [3.05, 3.63) is 64.9 Å². The number of amides is 2. The van der Waals surface area contributed by atoms with E-state index in [2.05, 4.69) is 29.9 Å². The van der Waals surface area contributed by atoms with E-state index in [9.17, 15) is 9.59 Å². The van der Waals surface area contributed by atoms with E-state index >= 15 is 0 Å². The average molecular weight is 512 g/mol. The maximum absolute atomic E-state index is 13.3. The van der Waals surface area contributed by atoms with E-state index in [1.807, 2.05) is 24.3 Å². The van der Waals surface area contributed by atoms with Gasteiger partial charge in [0.25, 0.3) is 5.91 Å². The van der Waals surface area contributed by atoms with Crippen LogP contribution in [0.1, 0.15) is 22.3 Å². The van der Waals surface area contributed by atoms with Gasteiger partial charge in [-0.25, -0.2) is 4.68 Å². The second kappa shape index (κ2) is 10.7. The first-order chi connectivity index (χ1) is 16.7. The van der Waals surface area contributed by atoms with Gasteiger partial charge in [0.2, 0.25) is 5.91 Å². The highest BCUT2D eigenvalue weighted by Crippen LogP contribution is 2.33. The molecular formula is C25H30ClN5O3Si. The molecule has 1 aliphatic heterocycles. The Balaban J connectivity index is 1.62. The van der Waals surface area contributed by atoms with E-state index in [1.54, 1.807) is 34.1 Å². The topological polar surface area (TPSA) is 89.3 Å². The van der Waals surface area contributed by atoms with E-state index in [0.29, 0.717) is 35.1 Å². The molecule has 10 heteroatoms. The van der Waals surface area contributed by atoms with Crippen molar-refractivity contribution in [1.82, 2.24) is 20.1 Å². The number of aryl methyl sites for hydroxylation is 1. The number of hydrogen-bond acceptors (Lipinski definition) is 5. The summed E-state index contributed by atoms with van der Waals surface area (Å²) < 4.78 is 7.59. The van der Waals surface area contributed by atoms with Gasteiger partial charge in [-0.15, -0.1) is 0 Å². The van der Waals surface area contributed by atoms with Crippen molar-refractivity contribution in [2.24, 2.45) is 0 Å². The van der Waals surface area contributed by atoms with Crippen LogP contribution in [0.2, 0.25) is 30.7 Å². The molecule has 0 fully saturated rings. The van der Waals surface area contributed by atoms with E-state index in [1.165, 1.54) is 0 Å². The highest BCUT2D eigenvalue weighted by atomic mass is 35.5. The number of rotatable bonds is 9. The lowest BCUT2D eigenvalue weighted by molar-refractivity contribution is -0.118. The Kier molecular flexibility index (Phi) is 7.68. The monoisotopic (exact) mass is 511 g/mol. The molecule has 0 unspecified atom stereocenters. The third-order valence-corrected chi connectivity index (χ3v) is 7.77. The van der Waals surface area contributed by atoms with Crippen molar-refractivity contribution < 1.29 is 14.3 Å². The second-order valence-electron chi connectivity index (χ2n) is 9.74. The zero-order valence-corrected chi connectivity index (χ0v) is 22.0. The van der Waals surface area contributed by atoms with Gasteiger partial charge >= 0.3 is 0 Å². The molecule has 0 atom stereocenters. The van der Waals surface area contributed by atoms with Crippen LogP contribution in [0.3, 0.4) is 0 Å². The van der Waals surface area contributed by atoms with Crippen LogP contribution in [0.25, 0.3) is 11.3 Å². The first-order valence-electron chi connectivity index (χ1n) is 11.6.